The lowest BCUT2D eigenvalue weighted by Crippen LogP contribution is -2.36. The van der Waals surface area contributed by atoms with E-state index in [0.717, 1.165) is 29.9 Å². The number of hydrogen-bond acceptors (Lipinski definition) is 7. The number of aromatic nitrogens is 1. The molecule has 1 aliphatic carbocycles. The Labute approximate surface area is 248 Å². The Bertz CT molecular complexity index is 1510. The summed E-state index contributed by atoms with van der Waals surface area (Å²) in [5.41, 5.74) is 1.01. The van der Waals surface area contributed by atoms with Crippen LogP contribution in [0.4, 0.5) is 18.9 Å². The maximum absolute atomic E-state index is 13.8. The highest BCUT2D eigenvalue weighted by molar-refractivity contribution is 6.52. The lowest BCUT2D eigenvalue weighted by atomic mass is 9.92. The fourth-order valence-corrected chi connectivity index (χ4v) is 5.04. The van der Waals surface area contributed by atoms with Crippen LogP contribution in [0.5, 0.6) is 11.5 Å². The van der Waals surface area contributed by atoms with Gasteiger partial charge < -0.3 is 14.2 Å². The lowest BCUT2D eigenvalue weighted by Gasteiger charge is -2.22. The molecule has 2 aliphatic rings. The van der Waals surface area contributed by atoms with Crippen molar-refractivity contribution in [3.05, 3.63) is 81.3 Å². The summed E-state index contributed by atoms with van der Waals surface area (Å²) in [7, 11) is 0. The summed E-state index contributed by atoms with van der Waals surface area (Å²) in [6, 6.07) is 7.63. The number of carbonyl (C=O) groups excluding carboxylic acids is 3. The number of rotatable bonds is 12. The predicted molar refractivity (Wildman–Crippen MR) is 146 cm³/mol. The molecule has 0 radical (unpaired) electrons. The molecular formula is C29H23Cl2F3N2O6. The Morgan fingerprint density at radius 2 is 1.79 bits per heavy atom. The van der Waals surface area contributed by atoms with Crippen LogP contribution in [-0.2, 0) is 20.7 Å². The third-order valence-electron chi connectivity index (χ3n) is 6.90. The number of halogens is 5. The van der Waals surface area contributed by atoms with Gasteiger partial charge in [0.15, 0.2) is 11.5 Å². The maximum Gasteiger partial charge on any atom is 0.387 e. The van der Waals surface area contributed by atoms with Gasteiger partial charge in [-0.1, -0.05) is 29.3 Å². The van der Waals surface area contributed by atoms with Crippen LogP contribution < -0.4 is 14.4 Å². The van der Waals surface area contributed by atoms with Crippen LogP contribution in [0.25, 0.3) is 0 Å². The molecule has 1 fully saturated rings. The summed E-state index contributed by atoms with van der Waals surface area (Å²) < 4.78 is 55.9. The van der Waals surface area contributed by atoms with Crippen molar-refractivity contribution in [2.24, 2.45) is 5.92 Å². The van der Waals surface area contributed by atoms with E-state index in [1.54, 1.807) is 0 Å². The molecule has 2 heterocycles. The van der Waals surface area contributed by atoms with Gasteiger partial charge in [0.05, 0.1) is 34.5 Å². The van der Waals surface area contributed by atoms with Gasteiger partial charge in [-0.05, 0) is 66.6 Å². The molecule has 220 valence electrons. The van der Waals surface area contributed by atoms with Gasteiger partial charge in [-0.3, -0.25) is 24.3 Å². The van der Waals surface area contributed by atoms with E-state index < -0.39 is 42.6 Å². The molecule has 3 aromatic rings. The number of ether oxygens (including phenoxy) is 3. The van der Waals surface area contributed by atoms with Crippen LogP contribution in [0.15, 0.2) is 48.8 Å². The summed E-state index contributed by atoms with van der Waals surface area (Å²) >= 11 is 12.7. The maximum atomic E-state index is 13.8. The Hall–Kier alpha value is -3.83. The fraction of sp³-hybridized carbons (Fsp3) is 0.310. The van der Waals surface area contributed by atoms with Crippen molar-refractivity contribution in [3.8, 4) is 11.5 Å². The minimum absolute atomic E-state index is 0.0149. The van der Waals surface area contributed by atoms with Gasteiger partial charge in [-0.25, -0.2) is 4.39 Å². The van der Waals surface area contributed by atoms with Crippen molar-refractivity contribution in [1.82, 2.24) is 4.98 Å². The number of alkyl halides is 2. The van der Waals surface area contributed by atoms with Gasteiger partial charge >= 0.3 is 12.6 Å². The number of fused-ring (bicyclic) bond motifs is 1. The molecule has 13 heteroatoms. The van der Waals surface area contributed by atoms with Crippen LogP contribution in [0, 0.1) is 11.7 Å². The Kier molecular flexibility index (Phi) is 8.88. The molecule has 0 spiro atoms. The second kappa shape index (κ2) is 12.6. The highest BCUT2D eigenvalue weighted by atomic mass is 35.5. The lowest BCUT2D eigenvalue weighted by molar-refractivity contribution is -0.143. The number of hydrogen-bond donors (Lipinski definition) is 0. The zero-order chi connectivity index (χ0) is 30.0. The van der Waals surface area contributed by atoms with Gasteiger partial charge in [0.1, 0.15) is 12.4 Å². The molecule has 5 rings (SSSR count). The van der Waals surface area contributed by atoms with E-state index in [2.05, 4.69) is 9.72 Å². The summed E-state index contributed by atoms with van der Waals surface area (Å²) in [5.74, 6) is -3.72. The van der Waals surface area contributed by atoms with Crippen molar-refractivity contribution < 1.29 is 41.8 Å². The highest BCUT2D eigenvalue weighted by Gasteiger charge is 2.37. The molecule has 1 saturated carbocycles. The SMILES string of the molecule is O=C(CN1C(=O)C(=O)c2ccc(F)cc21)OC[C@@H](Cc1c(Cl)cncc1Cl)c1ccc(OC(F)F)c(OCC2CC2)c1. The molecule has 1 amide bonds. The molecule has 42 heavy (non-hydrogen) atoms. The van der Waals surface area contributed by atoms with Crippen LogP contribution in [0.1, 0.15) is 40.2 Å². The van der Waals surface area contributed by atoms with Gasteiger partial charge in [0.25, 0.3) is 11.7 Å². The van der Waals surface area contributed by atoms with E-state index in [1.807, 2.05) is 0 Å². The first-order valence-electron chi connectivity index (χ1n) is 12.9. The predicted octanol–water partition coefficient (Wildman–Crippen LogP) is 6.02. The zero-order valence-corrected chi connectivity index (χ0v) is 23.3. The van der Waals surface area contributed by atoms with Gasteiger partial charge in [0.2, 0.25) is 0 Å². The monoisotopic (exact) mass is 622 g/mol. The number of amides is 1. The molecule has 8 nitrogen and oxygen atoms in total. The first kappa shape index (κ1) is 29.7. The second-order valence-electron chi connectivity index (χ2n) is 9.89. The summed E-state index contributed by atoms with van der Waals surface area (Å²) in [4.78, 5) is 42.4. The minimum atomic E-state index is -3.07. The van der Waals surface area contributed by atoms with E-state index in [-0.39, 0.29) is 45.8 Å². The first-order valence-corrected chi connectivity index (χ1v) is 13.7. The highest BCUT2D eigenvalue weighted by Crippen LogP contribution is 2.38. The number of pyridine rings is 1. The smallest absolute Gasteiger partial charge is 0.387 e. The van der Waals surface area contributed by atoms with Crippen molar-refractivity contribution >= 4 is 46.5 Å². The third-order valence-corrected chi connectivity index (χ3v) is 7.55. The van der Waals surface area contributed by atoms with Crippen LogP contribution >= 0.6 is 23.2 Å². The number of benzene rings is 2. The van der Waals surface area contributed by atoms with Crippen molar-refractivity contribution in [2.75, 3.05) is 24.7 Å². The van der Waals surface area contributed by atoms with Gasteiger partial charge in [0, 0.05) is 18.3 Å². The minimum Gasteiger partial charge on any atom is -0.489 e. The molecule has 1 atom stereocenters. The Morgan fingerprint density at radius 1 is 1.05 bits per heavy atom. The van der Waals surface area contributed by atoms with E-state index in [0.29, 0.717) is 23.7 Å². The largest absolute Gasteiger partial charge is 0.489 e. The Balaban J connectivity index is 1.38. The van der Waals surface area contributed by atoms with Gasteiger partial charge in [-0.15, -0.1) is 0 Å². The van der Waals surface area contributed by atoms with E-state index in [4.69, 9.17) is 32.7 Å². The topological polar surface area (TPSA) is 95.0 Å². The second-order valence-corrected chi connectivity index (χ2v) is 10.7. The van der Waals surface area contributed by atoms with Crippen molar-refractivity contribution in [2.45, 2.75) is 31.8 Å². The first-order chi connectivity index (χ1) is 20.1. The number of Topliss-reactive ketones (excluding diaryl/α,β-unsaturated/α-hetero) is 1. The molecule has 0 N–H and O–H groups in total. The van der Waals surface area contributed by atoms with Crippen molar-refractivity contribution in [3.63, 3.8) is 0 Å². The average molecular weight is 623 g/mol. The number of ketones is 1. The average Bonchev–Trinajstić information content (AvgIpc) is 3.75. The number of carbonyl (C=O) groups is 3. The standard InChI is InChI=1S/C29H23Cl2F3N2O6/c30-21-10-35-11-22(31)20(21)7-17(16-3-6-24(42-29(33)34)25(8-16)40-13-15-1-2-15)14-41-26(37)12-36-23-9-18(32)4-5-19(23)27(38)28(36)39/h3-6,8-11,15,17,29H,1-2,7,12-14H2/t17-/m1/s1. The quantitative estimate of drug-likeness (QED) is 0.180. The van der Waals surface area contributed by atoms with Crippen LogP contribution in [0.3, 0.4) is 0 Å². The van der Waals surface area contributed by atoms with E-state index in [9.17, 15) is 27.6 Å². The number of esters is 1. The van der Waals surface area contributed by atoms with Gasteiger partial charge in [-0.2, -0.15) is 8.78 Å². The van der Waals surface area contributed by atoms with Crippen LogP contribution in [0.2, 0.25) is 10.0 Å². The number of nitrogens with zero attached hydrogens (tertiary/aromatic N) is 2. The third kappa shape index (κ3) is 6.79. The van der Waals surface area contributed by atoms with Crippen molar-refractivity contribution in [1.29, 1.82) is 0 Å². The van der Waals surface area contributed by atoms with Crippen LogP contribution in [-0.4, -0.2) is 49.0 Å². The molecule has 0 unspecified atom stereocenters. The normalized spacial score (nSPS) is 15.1. The summed E-state index contributed by atoms with van der Waals surface area (Å²) in [6.07, 6.45) is 4.92. The molecule has 1 aromatic heterocycles. The number of anilines is 1. The molecular weight excluding hydrogens is 600 g/mol. The molecule has 0 saturated heterocycles. The van der Waals surface area contributed by atoms with E-state index >= 15 is 0 Å². The zero-order valence-electron chi connectivity index (χ0n) is 21.8. The Morgan fingerprint density at radius 3 is 2.48 bits per heavy atom. The molecule has 1 aliphatic heterocycles. The summed E-state index contributed by atoms with van der Waals surface area (Å²) in [6.45, 7) is -3.63. The molecule has 2 aromatic carbocycles. The molecule has 0 bridgehead atoms. The van der Waals surface area contributed by atoms with E-state index in [1.165, 1.54) is 36.7 Å². The fourth-order valence-electron chi connectivity index (χ4n) is 4.52. The summed E-state index contributed by atoms with van der Waals surface area (Å²) in [5, 5.41) is 0.531.